The van der Waals surface area contributed by atoms with Crippen molar-refractivity contribution in [2.24, 2.45) is 0 Å². The Hall–Kier alpha value is -2.49. The molecule has 1 amide bonds. The van der Waals surface area contributed by atoms with E-state index in [2.05, 4.69) is 21.2 Å². The molecule has 0 heterocycles. The van der Waals surface area contributed by atoms with Crippen LogP contribution in [0.1, 0.15) is 11.1 Å². The van der Waals surface area contributed by atoms with Gasteiger partial charge in [-0.15, -0.1) is 0 Å². The van der Waals surface area contributed by atoms with E-state index in [-0.39, 0.29) is 5.57 Å². The van der Waals surface area contributed by atoms with E-state index in [1.165, 1.54) is 20.3 Å². The van der Waals surface area contributed by atoms with Crippen LogP contribution in [0.2, 0.25) is 5.02 Å². The van der Waals surface area contributed by atoms with Gasteiger partial charge in [0.2, 0.25) is 0 Å². The first-order valence-electron chi connectivity index (χ1n) is 7.50. The summed E-state index contributed by atoms with van der Waals surface area (Å²) in [5.74, 6) is 0.493. The average molecular weight is 436 g/mol. The number of nitriles is 1. The number of halogens is 2. The maximum Gasteiger partial charge on any atom is 0.266 e. The van der Waals surface area contributed by atoms with E-state index in [1.807, 2.05) is 13.0 Å². The van der Waals surface area contributed by atoms with Gasteiger partial charge in [-0.1, -0.05) is 33.6 Å². The lowest BCUT2D eigenvalue weighted by Crippen LogP contribution is -2.13. The number of ether oxygens (including phenoxy) is 2. The second-order valence-corrected chi connectivity index (χ2v) is 6.58. The quantitative estimate of drug-likeness (QED) is 0.531. The van der Waals surface area contributed by atoms with Gasteiger partial charge < -0.3 is 14.8 Å². The Kier molecular flexibility index (Phi) is 6.67. The monoisotopic (exact) mass is 434 g/mol. The van der Waals surface area contributed by atoms with E-state index >= 15 is 0 Å². The van der Waals surface area contributed by atoms with Crippen LogP contribution in [0.3, 0.4) is 0 Å². The molecule has 1 N–H and O–H groups in total. The fourth-order valence-corrected chi connectivity index (χ4v) is 2.77. The molecule has 7 heteroatoms. The number of amides is 1. The molecule has 2 aromatic rings. The highest BCUT2D eigenvalue weighted by Crippen LogP contribution is 2.34. The summed E-state index contributed by atoms with van der Waals surface area (Å²) in [6.45, 7) is 1.86. The highest BCUT2D eigenvalue weighted by atomic mass is 79.9. The molecule has 0 fully saturated rings. The van der Waals surface area contributed by atoms with Crippen LogP contribution in [0.25, 0.3) is 6.08 Å². The highest BCUT2D eigenvalue weighted by Gasteiger charge is 2.13. The molecular weight excluding hydrogens is 420 g/mol. The summed E-state index contributed by atoms with van der Waals surface area (Å²) in [4.78, 5) is 12.4. The number of benzene rings is 2. The molecule has 0 unspecified atom stereocenters. The molecule has 0 saturated carbocycles. The lowest BCUT2D eigenvalue weighted by Gasteiger charge is -2.10. The van der Waals surface area contributed by atoms with Crippen molar-refractivity contribution in [1.82, 2.24) is 0 Å². The fourth-order valence-electron chi connectivity index (χ4n) is 2.15. The summed E-state index contributed by atoms with van der Waals surface area (Å²) in [6.07, 6.45) is 1.47. The third-order valence-corrected chi connectivity index (χ3v) is 4.69. The molecule has 0 aliphatic heterocycles. The molecule has 0 bridgehead atoms. The van der Waals surface area contributed by atoms with E-state index in [0.717, 1.165) is 5.56 Å². The SMILES string of the molecule is COc1cc(Br)c(/C=C(\C#N)C(=O)Nc2ccc(C)c(Cl)c2)cc1OC. The van der Waals surface area contributed by atoms with Gasteiger partial charge in [-0.25, -0.2) is 0 Å². The average Bonchev–Trinajstić information content (AvgIpc) is 2.63. The van der Waals surface area contributed by atoms with Gasteiger partial charge in [-0.05, 0) is 48.4 Å². The van der Waals surface area contributed by atoms with E-state index in [4.69, 9.17) is 21.1 Å². The van der Waals surface area contributed by atoms with Crippen LogP contribution in [0.5, 0.6) is 11.5 Å². The van der Waals surface area contributed by atoms with Crippen molar-refractivity contribution in [2.75, 3.05) is 19.5 Å². The maximum atomic E-state index is 12.4. The van der Waals surface area contributed by atoms with Crippen LogP contribution in [-0.2, 0) is 4.79 Å². The third-order valence-electron chi connectivity index (χ3n) is 3.60. The topological polar surface area (TPSA) is 71.3 Å². The predicted molar refractivity (Wildman–Crippen MR) is 106 cm³/mol. The number of rotatable bonds is 5. The molecule has 26 heavy (non-hydrogen) atoms. The van der Waals surface area contributed by atoms with Crippen LogP contribution in [-0.4, -0.2) is 20.1 Å². The maximum absolute atomic E-state index is 12.4. The van der Waals surface area contributed by atoms with Gasteiger partial charge in [0.25, 0.3) is 5.91 Å². The van der Waals surface area contributed by atoms with Crippen molar-refractivity contribution in [3.8, 4) is 17.6 Å². The zero-order valence-electron chi connectivity index (χ0n) is 14.4. The smallest absolute Gasteiger partial charge is 0.266 e. The zero-order chi connectivity index (χ0) is 19.3. The number of nitrogens with one attached hydrogen (secondary N) is 1. The molecule has 2 rings (SSSR count). The van der Waals surface area contributed by atoms with Crippen LogP contribution in [0.4, 0.5) is 5.69 Å². The molecule has 0 spiro atoms. The van der Waals surface area contributed by atoms with E-state index in [1.54, 1.807) is 30.3 Å². The van der Waals surface area contributed by atoms with Gasteiger partial charge in [0.05, 0.1) is 14.2 Å². The van der Waals surface area contributed by atoms with Crippen molar-refractivity contribution in [2.45, 2.75) is 6.92 Å². The second-order valence-electron chi connectivity index (χ2n) is 5.32. The number of nitrogens with zero attached hydrogens (tertiary/aromatic N) is 1. The Morgan fingerprint density at radius 1 is 1.23 bits per heavy atom. The number of carbonyl (C=O) groups is 1. The van der Waals surface area contributed by atoms with Gasteiger partial charge in [-0.2, -0.15) is 5.26 Å². The summed E-state index contributed by atoms with van der Waals surface area (Å²) in [7, 11) is 3.04. The molecule has 134 valence electrons. The number of hydrogen-bond acceptors (Lipinski definition) is 4. The molecule has 0 saturated heterocycles. The Balaban J connectivity index is 2.33. The minimum absolute atomic E-state index is 0.0605. The van der Waals surface area contributed by atoms with Gasteiger partial charge in [-0.3, -0.25) is 4.79 Å². The predicted octanol–water partition coefficient (Wildman–Crippen LogP) is 4.97. The Morgan fingerprint density at radius 2 is 1.88 bits per heavy atom. The minimum atomic E-state index is -0.533. The number of anilines is 1. The summed E-state index contributed by atoms with van der Waals surface area (Å²) in [5, 5.41) is 12.6. The molecule has 0 aromatic heterocycles. The molecule has 5 nitrogen and oxygen atoms in total. The Bertz CT molecular complexity index is 920. The standard InChI is InChI=1S/C19H16BrClN2O3/c1-11-4-5-14(8-16(11)21)23-19(24)13(10-22)6-12-7-17(25-2)18(26-3)9-15(12)20/h4-9H,1-3H3,(H,23,24)/b13-6+. The first kappa shape index (κ1) is 19.8. The fraction of sp³-hybridized carbons (Fsp3) is 0.158. The van der Waals surface area contributed by atoms with Gasteiger partial charge in [0.15, 0.2) is 11.5 Å². The number of carbonyl (C=O) groups excluding carboxylic acids is 1. The number of hydrogen-bond donors (Lipinski definition) is 1. The third kappa shape index (κ3) is 4.57. The number of aryl methyl sites for hydroxylation is 1. The first-order valence-corrected chi connectivity index (χ1v) is 8.67. The van der Waals surface area contributed by atoms with Crippen LogP contribution in [0.15, 0.2) is 40.4 Å². The lowest BCUT2D eigenvalue weighted by atomic mass is 10.1. The van der Waals surface area contributed by atoms with Crippen LogP contribution in [0, 0.1) is 18.3 Å². The summed E-state index contributed by atoms with van der Waals surface area (Å²) in [5.41, 5.74) is 1.96. The van der Waals surface area contributed by atoms with Crippen LogP contribution < -0.4 is 14.8 Å². The van der Waals surface area contributed by atoms with Crippen molar-refractivity contribution in [1.29, 1.82) is 5.26 Å². The van der Waals surface area contributed by atoms with Gasteiger partial charge >= 0.3 is 0 Å². The molecule has 2 aromatic carbocycles. The van der Waals surface area contributed by atoms with Crippen molar-refractivity contribution >= 4 is 45.2 Å². The summed E-state index contributed by atoms with van der Waals surface area (Å²) < 4.78 is 11.1. The van der Waals surface area contributed by atoms with Crippen molar-refractivity contribution in [3.05, 3.63) is 56.5 Å². The summed E-state index contributed by atoms with van der Waals surface area (Å²) in [6, 6.07) is 10.4. The molecular formula is C19H16BrClN2O3. The van der Waals surface area contributed by atoms with E-state index in [0.29, 0.717) is 32.2 Å². The Morgan fingerprint density at radius 3 is 2.46 bits per heavy atom. The van der Waals surface area contributed by atoms with Crippen LogP contribution >= 0.6 is 27.5 Å². The summed E-state index contributed by atoms with van der Waals surface area (Å²) >= 11 is 9.46. The zero-order valence-corrected chi connectivity index (χ0v) is 16.7. The number of methoxy groups -OCH3 is 2. The highest BCUT2D eigenvalue weighted by molar-refractivity contribution is 9.10. The van der Waals surface area contributed by atoms with Crippen molar-refractivity contribution in [3.63, 3.8) is 0 Å². The normalized spacial score (nSPS) is 10.8. The Labute approximate surface area is 165 Å². The van der Waals surface area contributed by atoms with E-state index in [9.17, 15) is 10.1 Å². The first-order chi connectivity index (χ1) is 12.4. The molecule has 0 aliphatic carbocycles. The van der Waals surface area contributed by atoms with Gasteiger partial charge in [0.1, 0.15) is 11.6 Å². The second kappa shape index (κ2) is 8.75. The molecule has 0 atom stereocenters. The molecule has 0 radical (unpaired) electrons. The van der Waals surface area contributed by atoms with Gasteiger partial charge in [0, 0.05) is 15.2 Å². The molecule has 0 aliphatic rings. The minimum Gasteiger partial charge on any atom is -0.493 e. The van der Waals surface area contributed by atoms with E-state index < -0.39 is 5.91 Å². The van der Waals surface area contributed by atoms with Crippen molar-refractivity contribution < 1.29 is 14.3 Å². The largest absolute Gasteiger partial charge is 0.493 e. The lowest BCUT2D eigenvalue weighted by molar-refractivity contribution is -0.112.